The topological polar surface area (TPSA) is 49.3 Å². The average Bonchev–Trinajstić information content (AvgIpc) is 2.72. The van der Waals surface area contributed by atoms with E-state index in [2.05, 4.69) is 5.32 Å². The predicted molar refractivity (Wildman–Crippen MR) is 45.6 cm³/mol. The van der Waals surface area contributed by atoms with Gasteiger partial charge in [0.15, 0.2) is 0 Å². The fourth-order valence-corrected chi connectivity index (χ4v) is 1.23. The van der Waals surface area contributed by atoms with Crippen molar-refractivity contribution in [3.63, 3.8) is 0 Å². The Labute approximate surface area is 70.6 Å². The molecule has 1 fully saturated rings. The molecule has 1 atom stereocenters. The van der Waals surface area contributed by atoms with Crippen molar-refractivity contribution in [2.75, 3.05) is 12.0 Å². The van der Waals surface area contributed by atoms with Crippen LogP contribution in [0, 0.1) is 0 Å². The van der Waals surface area contributed by atoms with Crippen LogP contribution in [0.3, 0.4) is 0 Å². The fraction of sp³-hybridized carbons (Fsp3) is 0.857. The lowest BCUT2D eigenvalue weighted by atomic mass is 10.4. The molecule has 64 valence electrons. The molecule has 0 heterocycles. The third-order valence-corrected chi connectivity index (χ3v) is 2.20. The average molecular weight is 175 g/mol. The summed E-state index contributed by atoms with van der Waals surface area (Å²) in [4.78, 5) is 11.0. The van der Waals surface area contributed by atoms with Gasteiger partial charge in [0.05, 0.1) is 0 Å². The molecule has 2 N–H and O–H groups in total. The van der Waals surface area contributed by atoms with E-state index in [-0.39, 0.29) is 5.91 Å². The monoisotopic (exact) mass is 175 g/mol. The van der Waals surface area contributed by atoms with Gasteiger partial charge in [-0.25, -0.2) is 0 Å². The van der Waals surface area contributed by atoms with Gasteiger partial charge in [0.1, 0.15) is 6.10 Å². The van der Waals surface area contributed by atoms with Gasteiger partial charge in [0, 0.05) is 11.8 Å². The standard InChI is InChI=1S/C7H13NO2S/c1-11-4-6(9)7(10)8-5-2-3-5/h5-6,9H,2-4H2,1H3,(H,8,10). The second kappa shape index (κ2) is 3.97. The van der Waals surface area contributed by atoms with Crippen molar-refractivity contribution in [3.05, 3.63) is 0 Å². The maximum Gasteiger partial charge on any atom is 0.249 e. The Morgan fingerprint density at radius 1 is 1.82 bits per heavy atom. The van der Waals surface area contributed by atoms with E-state index in [9.17, 15) is 4.79 Å². The van der Waals surface area contributed by atoms with E-state index in [1.165, 1.54) is 11.8 Å². The number of hydrogen-bond donors (Lipinski definition) is 2. The number of aliphatic hydroxyl groups excluding tert-OH is 1. The van der Waals surface area contributed by atoms with Crippen LogP contribution in [-0.2, 0) is 4.79 Å². The quantitative estimate of drug-likeness (QED) is 0.632. The zero-order chi connectivity index (χ0) is 8.27. The van der Waals surface area contributed by atoms with Crippen molar-refractivity contribution in [3.8, 4) is 0 Å². The van der Waals surface area contributed by atoms with Gasteiger partial charge in [-0.1, -0.05) is 0 Å². The van der Waals surface area contributed by atoms with Gasteiger partial charge in [-0.15, -0.1) is 0 Å². The van der Waals surface area contributed by atoms with Gasteiger partial charge >= 0.3 is 0 Å². The molecule has 1 aliphatic rings. The second-order valence-electron chi connectivity index (χ2n) is 2.75. The summed E-state index contributed by atoms with van der Waals surface area (Å²) in [6.07, 6.45) is 3.17. The molecule has 0 saturated heterocycles. The Morgan fingerprint density at radius 3 is 2.91 bits per heavy atom. The summed E-state index contributed by atoms with van der Waals surface area (Å²) in [5.74, 6) is 0.264. The largest absolute Gasteiger partial charge is 0.382 e. The summed E-state index contributed by atoms with van der Waals surface area (Å²) < 4.78 is 0. The second-order valence-corrected chi connectivity index (χ2v) is 3.66. The van der Waals surface area contributed by atoms with Gasteiger partial charge in [-0.2, -0.15) is 11.8 Å². The van der Waals surface area contributed by atoms with Crippen LogP contribution < -0.4 is 5.32 Å². The Hall–Kier alpha value is -0.220. The Kier molecular flexibility index (Phi) is 3.20. The highest BCUT2D eigenvalue weighted by Gasteiger charge is 2.25. The molecule has 3 nitrogen and oxygen atoms in total. The molecular weight excluding hydrogens is 162 g/mol. The van der Waals surface area contributed by atoms with Gasteiger partial charge in [0.25, 0.3) is 0 Å². The maximum absolute atomic E-state index is 11.0. The third kappa shape index (κ3) is 3.12. The molecule has 11 heavy (non-hydrogen) atoms. The van der Waals surface area contributed by atoms with Crippen molar-refractivity contribution < 1.29 is 9.90 Å². The van der Waals surface area contributed by atoms with Crippen molar-refractivity contribution >= 4 is 17.7 Å². The van der Waals surface area contributed by atoms with Crippen LogP contribution in [0.4, 0.5) is 0 Å². The number of amides is 1. The van der Waals surface area contributed by atoms with Crippen LogP contribution in [0.15, 0.2) is 0 Å². The highest BCUT2D eigenvalue weighted by molar-refractivity contribution is 7.98. The maximum atomic E-state index is 11.0. The summed E-state index contributed by atoms with van der Waals surface area (Å²) in [7, 11) is 0. The number of rotatable bonds is 4. The van der Waals surface area contributed by atoms with E-state index in [4.69, 9.17) is 5.11 Å². The molecule has 0 spiro atoms. The number of thioether (sulfide) groups is 1. The van der Waals surface area contributed by atoms with Gasteiger partial charge in [-0.3, -0.25) is 4.79 Å². The summed E-state index contributed by atoms with van der Waals surface area (Å²) in [6.45, 7) is 0. The van der Waals surface area contributed by atoms with E-state index in [1.807, 2.05) is 6.26 Å². The molecule has 1 rings (SSSR count). The fourth-order valence-electron chi connectivity index (χ4n) is 0.759. The molecule has 1 unspecified atom stereocenters. The molecule has 1 aliphatic carbocycles. The van der Waals surface area contributed by atoms with Crippen LogP contribution in [0.5, 0.6) is 0 Å². The predicted octanol–water partition coefficient (Wildman–Crippen LogP) is -0.0111. The Balaban J connectivity index is 2.15. The molecule has 0 aliphatic heterocycles. The molecule has 4 heteroatoms. The molecular formula is C7H13NO2S. The first-order valence-electron chi connectivity index (χ1n) is 3.71. The van der Waals surface area contributed by atoms with Crippen molar-refractivity contribution in [2.24, 2.45) is 0 Å². The lowest BCUT2D eigenvalue weighted by Crippen LogP contribution is -2.37. The van der Waals surface area contributed by atoms with Crippen LogP contribution in [0.25, 0.3) is 0 Å². The SMILES string of the molecule is CSCC(O)C(=O)NC1CC1. The molecule has 1 saturated carbocycles. The van der Waals surface area contributed by atoms with Crippen molar-refractivity contribution in [2.45, 2.75) is 25.0 Å². The van der Waals surface area contributed by atoms with Crippen LogP contribution in [0.1, 0.15) is 12.8 Å². The number of carbonyl (C=O) groups is 1. The normalized spacial score (nSPS) is 19.5. The molecule has 0 aromatic rings. The molecule has 0 bridgehead atoms. The first kappa shape index (κ1) is 8.87. The zero-order valence-electron chi connectivity index (χ0n) is 6.54. The smallest absolute Gasteiger partial charge is 0.249 e. The van der Waals surface area contributed by atoms with Crippen molar-refractivity contribution in [1.29, 1.82) is 0 Å². The van der Waals surface area contributed by atoms with Gasteiger partial charge in [0.2, 0.25) is 5.91 Å². The van der Waals surface area contributed by atoms with E-state index >= 15 is 0 Å². The molecule has 0 aromatic carbocycles. The lowest BCUT2D eigenvalue weighted by molar-refractivity contribution is -0.128. The van der Waals surface area contributed by atoms with Crippen LogP contribution in [0.2, 0.25) is 0 Å². The number of hydrogen-bond acceptors (Lipinski definition) is 3. The minimum Gasteiger partial charge on any atom is -0.382 e. The highest BCUT2D eigenvalue weighted by atomic mass is 32.2. The Bertz CT molecular complexity index is 147. The minimum absolute atomic E-state index is 0.221. The van der Waals surface area contributed by atoms with Gasteiger partial charge < -0.3 is 10.4 Å². The van der Waals surface area contributed by atoms with Crippen LogP contribution >= 0.6 is 11.8 Å². The third-order valence-electron chi connectivity index (χ3n) is 1.55. The summed E-state index contributed by atoms with van der Waals surface area (Å²) >= 11 is 1.47. The molecule has 1 amide bonds. The summed E-state index contributed by atoms with van der Waals surface area (Å²) in [5, 5.41) is 11.9. The van der Waals surface area contributed by atoms with E-state index < -0.39 is 6.10 Å². The molecule has 0 radical (unpaired) electrons. The summed E-state index contributed by atoms with van der Waals surface area (Å²) in [5.41, 5.74) is 0. The number of aliphatic hydroxyl groups is 1. The lowest BCUT2D eigenvalue weighted by Gasteiger charge is -2.08. The number of nitrogens with one attached hydrogen (secondary N) is 1. The Morgan fingerprint density at radius 2 is 2.45 bits per heavy atom. The zero-order valence-corrected chi connectivity index (χ0v) is 7.36. The highest BCUT2D eigenvalue weighted by Crippen LogP contribution is 2.18. The van der Waals surface area contributed by atoms with Gasteiger partial charge in [-0.05, 0) is 19.1 Å². The first-order valence-corrected chi connectivity index (χ1v) is 5.11. The summed E-state index contributed by atoms with van der Waals surface area (Å²) in [6, 6.07) is 0.346. The molecule has 0 aromatic heterocycles. The van der Waals surface area contributed by atoms with E-state index in [1.54, 1.807) is 0 Å². The minimum atomic E-state index is -0.828. The van der Waals surface area contributed by atoms with E-state index in [0.717, 1.165) is 12.8 Å². The van der Waals surface area contributed by atoms with Crippen molar-refractivity contribution in [1.82, 2.24) is 5.32 Å². The first-order chi connectivity index (χ1) is 5.24. The number of carbonyl (C=O) groups excluding carboxylic acids is 1. The van der Waals surface area contributed by atoms with Crippen LogP contribution in [-0.4, -0.2) is 35.2 Å². The van der Waals surface area contributed by atoms with E-state index in [0.29, 0.717) is 11.8 Å².